The highest BCUT2D eigenvalue weighted by Gasteiger charge is 2.28. The van der Waals surface area contributed by atoms with Gasteiger partial charge in [0.05, 0.1) is 5.52 Å². The summed E-state index contributed by atoms with van der Waals surface area (Å²) in [6.07, 6.45) is 6.36. The summed E-state index contributed by atoms with van der Waals surface area (Å²) in [6, 6.07) is 11.7. The number of carbonyl (C=O) groups excluding carboxylic acids is 1. The molecule has 4 aromatic rings. The number of hydrogen-bond donors (Lipinski definition) is 2. The van der Waals surface area contributed by atoms with E-state index in [1.807, 2.05) is 36.4 Å². The number of fused-ring (bicyclic) bond motifs is 2. The van der Waals surface area contributed by atoms with Crippen molar-refractivity contribution < 1.29 is 4.79 Å². The average Bonchev–Trinajstić information content (AvgIpc) is 3.09. The minimum atomic E-state index is 0.144. The molecule has 0 atom stereocenters. The van der Waals surface area contributed by atoms with Gasteiger partial charge in [0.1, 0.15) is 11.2 Å². The maximum atomic E-state index is 12.8. The molecular weight excluding hydrogens is 350 g/mol. The number of carbonyl (C=O) groups is 1. The molecule has 1 fully saturated rings. The summed E-state index contributed by atoms with van der Waals surface area (Å²) >= 11 is 0. The number of nitrogens with one attached hydrogen (secondary N) is 2. The van der Waals surface area contributed by atoms with Crippen LogP contribution in [0, 0.1) is 11.8 Å². The summed E-state index contributed by atoms with van der Waals surface area (Å²) in [5.74, 6) is 2.09. The zero-order valence-electron chi connectivity index (χ0n) is 15.6. The fraction of sp³-hybridized carbons (Fsp3) is 0.273. The van der Waals surface area contributed by atoms with Crippen molar-refractivity contribution in [3.05, 3.63) is 54.5 Å². The number of H-pyrrole nitrogens is 1. The summed E-state index contributed by atoms with van der Waals surface area (Å²) in [5, 5.41) is 12.5. The minimum absolute atomic E-state index is 0.144. The van der Waals surface area contributed by atoms with E-state index < -0.39 is 0 Å². The molecule has 0 aliphatic heterocycles. The van der Waals surface area contributed by atoms with Crippen molar-refractivity contribution in [2.24, 2.45) is 11.8 Å². The molecule has 0 unspecified atom stereocenters. The van der Waals surface area contributed by atoms with Crippen molar-refractivity contribution in [2.45, 2.75) is 26.2 Å². The zero-order valence-corrected chi connectivity index (χ0v) is 15.6. The van der Waals surface area contributed by atoms with Crippen LogP contribution < -0.4 is 5.32 Å². The van der Waals surface area contributed by atoms with Crippen LogP contribution in [0.25, 0.3) is 21.8 Å². The Hall–Kier alpha value is -3.28. The lowest BCUT2D eigenvalue weighted by Crippen LogP contribution is -2.24. The third-order valence-corrected chi connectivity index (χ3v) is 5.56. The molecule has 28 heavy (non-hydrogen) atoms. The fourth-order valence-corrected chi connectivity index (χ4v) is 4.15. The lowest BCUT2D eigenvalue weighted by molar-refractivity contribution is 0.0902. The van der Waals surface area contributed by atoms with Gasteiger partial charge in [0.15, 0.2) is 11.6 Å². The summed E-state index contributed by atoms with van der Waals surface area (Å²) in [6.45, 7) is 2.24. The number of pyridine rings is 2. The minimum Gasteiger partial charge on any atom is -0.337 e. The van der Waals surface area contributed by atoms with E-state index in [0.717, 1.165) is 46.3 Å². The Morgan fingerprint density at radius 3 is 2.93 bits per heavy atom. The van der Waals surface area contributed by atoms with E-state index in [0.29, 0.717) is 23.9 Å². The average molecular weight is 371 g/mol. The van der Waals surface area contributed by atoms with Gasteiger partial charge in [0.2, 0.25) is 0 Å². The van der Waals surface area contributed by atoms with Gasteiger partial charge in [-0.3, -0.25) is 19.9 Å². The molecule has 3 heterocycles. The van der Waals surface area contributed by atoms with Gasteiger partial charge in [-0.1, -0.05) is 13.0 Å². The van der Waals surface area contributed by atoms with Crippen molar-refractivity contribution in [2.75, 3.05) is 5.32 Å². The molecule has 6 nitrogen and oxygen atoms in total. The van der Waals surface area contributed by atoms with E-state index in [1.165, 1.54) is 0 Å². The molecule has 1 aliphatic rings. The Labute approximate surface area is 162 Å². The number of hydrogen-bond acceptors (Lipinski definition) is 5. The molecule has 0 saturated heterocycles. The maximum Gasteiger partial charge on any atom is 0.182 e. The van der Waals surface area contributed by atoms with E-state index >= 15 is 0 Å². The third-order valence-electron chi connectivity index (χ3n) is 5.56. The highest BCUT2D eigenvalue weighted by Crippen LogP contribution is 2.36. The first-order valence-electron chi connectivity index (χ1n) is 9.65. The monoisotopic (exact) mass is 371 g/mol. The lowest BCUT2D eigenvalue weighted by atomic mass is 9.73. The van der Waals surface area contributed by atoms with E-state index in [1.54, 1.807) is 12.4 Å². The van der Waals surface area contributed by atoms with Gasteiger partial charge < -0.3 is 5.32 Å². The molecule has 1 saturated carbocycles. The van der Waals surface area contributed by atoms with Crippen LogP contribution in [0.1, 0.15) is 36.7 Å². The second-order valence-corrected chi connectivity index (χ2v) is 7.76. The molecule has 3 aromatic heterocycles. The van der Waals surface area contributed by atoms with Crippen LogP contribution in [-0.2, 0) is 0 Å². The van der Waals surface area contributed by atoms with Crippen LogP contribution in [0.4, 0.5) is 11.5 Å². The van der Waals surface area contributed by atoms with Crippen molar-refractivity contribution in [3.63, 3.8) is 0 Å². The standard InChI is InChI=1S/C22H21N5O/c1-13-9-14(10-13)11-19(28)20-17-5-4-16(12-15(17)6-8-24-20)25-22-21-18(26-27-22)3-2-7-23-21/h2-8,12-14H,9-11H2,1H3,(H2,25,26,27). The molecule has 0 radical (unpaired) electrons. The summed E-state index contributed by atoms with van der Waals surface area (Å²) < 4.78 is 0. The van der Waals surface area contributed by atoms with Crippen LogP contribution in [0.3, 0.4) is 0 Å². The molecule has 1 aromatic carbocycles. The van der Waals surface area contributed by atoms with Crippen molar-refractivity contribution in [3.8, 4) is 0 Å². The number of anilines is 2. The second-order valence-electron chi connectivity index (χ2n) is 7.76. The SMILES string of the molecule is CC1CC(CC(=O)c2nccc3cc(Nc4n[nH]c5cccnc45)ccc23)C1. The zero-order chi connectivity index (χ0) is 19.1. The largest absolute Gasteiger partial charge is 0.337 e. The Balaban J connectivity index is 1.43. The number of aromatic amines is 1. The molecule has 6 heteroatoms. The van der Waals surface area contributed by atoms with Gasteiger partial charge in [-0.2, -0.15) is 5.10 Å². The van der Waals surface area contributed by atoms with Crippen LogP contribution in [0.2, 0.25) is 0 Å². The number of aromatic nitrogens is 4. The van der Waals surface area contributed by atoms with Crippen molar-refractivity contribution >= 4 is 39.1 Å². The van der Waals surface area contributed by atoms with Crippen molar-refractivity contribution in [1.82, 2.24) is 20.2 Å². The Bertz CT molecular complexity index is 1180. The van der Waals surface area contributed by atoms with Crippen LogP contribution in [0.15, 0.2) is 48.8 Å². The quantitative estimate of drug-likeness (QED) is 0.489. The van der Waals surface area contributed by atoms with Crippen LogP contribution in [0.5, 0.6) is 0 Å². The van der Waals surface area contributed by atoms with Crippen LogP contribution >= 0.6 is 0 Å². The number of nitrogens with zero attached hydrogens (tertiary/aromatic N) is 3. The Kier molecular flexibility index (Phi) is 4.04. The number of ketones is 1. The number of rotatable bonds is 5. The number of Topliss-reactive ketones (excluding diaryl/α,β-unsaturated/α-hetero) is 1. The van der Waals surface area contributed by atoms with E-state index in [2.05, 4.69) is 32.4 Å². The molecule has 140 valence electrons. The maximum absolute atomic E-state index is 12.8. The predicted molar refractivity (Wildman–Crippen MR) is 110 cm³/mol. The molecule has 1 aliphatic carbocycles. The first-order valence-corrected chi connectivity index (χ1v) is 9.65. The van der Waals surface area contributed by atoms with Gasteiger partial charge >= 0.3 is 0 Å². The Morgan fingerprint density at radius 2 is 2.07 bits per heavy atom. The van der Waals surface area contributed by atoms with Gasteiger partial charge in [0.25, 0.3) is 0 Å². The van der Waals surface area contributed by atoms with E-state index in [4.69, 9.17) is 0 Å². The molecule has 0 bridgehead atoms. The van der Waals surface area contributed by atoms with Gasteiger partial charge in [-0.25, -0.2) is 0 Å². The van der Waals surface area contributed by atoms with Crippen LogP contribution in [-0.4, -0.2) is 25.9 Å². The van der Waals surface area contributed by atoms with Gasteiger partial charge in [-0.05, 0) is 60.4 Å². The smallest absolute Gasteiger partial charge is 0.182 e. The summed E-state index contributed by atoms with van der Waals surface area (Å²) in [7, 11) is 0. The Morgan fingerprint density at radius 1 is 1.18 bits per heavy atom. The summed E-state index contributed by atoms with van der Waals surface area (Å²) in [4.78, 5) is 21.5. The highest BCUT2D eigenvalue weighted by atomic mass is 16.1. The topological polar surface area (TPSA) is 83.6 Å². The molecule has 0 spiro atoms. The first kappa shape index (κ1) is 16.9. The van der Waals surface area contributed by atoms with Crippen molar-refractivity contribution in [1.29, 1.82) is 0 Å². The molecular formula is C22H21N5O. The first-order chi connectivity index (χ1) is 13.7. The van der Waals surface area contributed by atoms with Gasteiger partial charge in [-0.15, -0.1) is 0 Å². The highest BCUT2D eigenvalue weighted by molar-refractivity contribution is 6.07. The predicted octanol–water partition coefficient (Wildman–Crippen LogP) is 4.87. The van der Waals surface area contributed by atoms with Gasteiger partial charge in [0, 0.05) is 29.9 Å². The molecule has 0 amide bonds. The summed E-state index contributed by atoms with van der Waals surface area (Å²) in [5.41, 5.74) is 3.15. The van der Waals surface area contributed by atoms with E-state index in [-0.39, 0.29) is 5.78 Å². The second kappa shape index (κ2) is 6.71. The fourth-order valence-electron chi connectivity index (χ4n) is 4.15. The lowest BCUT2D eigenvalue weighted by Gasteiger charge is -2.32. The third kappa shape index (κ3) is 3.01. The normalized spacial score (nSPS) is 18.9. The molecule has 5 rings (SSSR count). The molecule has 2 N–H and O–H groups in total. The number of benzene rings is 1. The van der Waals surface area contributed by atoms with E-state index in [9.17, 15) is 4.79 Å².